The number of hydrogen-bond acceptors (Lipinski definition) is 4. The Labute approximate surface area is 185 Å². The largest absolute Gasteiger partial charge is 0.440 e. The maximum atomic E-state index is 13.2. The highest BCUT2D eigenvalue weighted by molar-refractivity contribution is 6.33. The maximum absolute atomic E-state index is 13.2. The first-order chi connectivity index (χ1) is 15.1. The number of fused-ring (bicyclic) bond motifs is 1. The summed E-state index contributed by atoms with van der Waals surface area (Å²) in [7, 11) is 0. The molecule has 2 aromatic heterocycles. The molecule has 0 atom stereocenters. The molecule has 0 radical (unpaired) electrons. The lowest BCUT2D eigenvalue weighted by molar-refractivity contribution is 0.0706. The van der Waals surface area contributed by atoms with Crippen LogP contribution in [0.15, 0.2) is 59.0 Å². The van der Waals surface area contributed by atoms with Crippen LogP contribution in [0.25, 0.3) is 11.1 Å². The third kappa shape index (κ3) is 3.83. The lowest BCUT2D eigenvalue weighted by Gasteiger charge is -2.30. The number of carbonyl (C=O) groups excluding carboxylic acids is 1. The van der Waals surface area contributed by atoms with Gasteiger partial charge in [-0.2, -0.15) is 5.10 Å². The number of hydrogen-bond donors (Lipinski definition) is 0. The molecule has 7 heteroatoms. The molecule has 1 amide bonds. The number of benzene rings is 2. The number of halogens is 1. The number of aromatic nitrogens is 3. The quantitative estimate of drug-likeness (QED) is 0.450. The highest BCUT2D eigenvalue weighted by Gasteiger charge is 2.30. The average Bonchev–Trinajstić information content (AvgIpc) is 3.35. The van der Waals surface area contributed by atoms with Crippen molar-refractivity contribution in [1.82, 2.24) is 19.7 Å². The molecule has 0 spiro atoms. The van der Waals surface area contributed by atoms with Gasteiger partial charge in [0.15, 0.2) is 11.5 Å². The molecular formula is C24H23ClN4O2. The van der Waals surface area contributed by atoms with Crippen molar-refractivity contribution < 1.29 is 9.21 Å². The minimum atomic E-state index is -0.0576. The second-order valence-electron chi connectivity index (χ2n) is 7.98. The number of oxazole rings is 1. The van der Waals surface area contributed by atoms with Gasteiger partial charge in [-0.1, -0.05) is 54.1 Å². The summed E-state index contributed by atoms with van der Waals surface area (Å²) in [6.45, 7) is 3.66. The van der Waals surface area contributed by atoms with Crippen molar-refractivity contribution in [2.24, 2.45) is 0 Å². The minimum Gasteiger partial charge on any atom is -0.440 e. The predicted octanol–water partition coefficient (Wildman–Crippen LogP) is 5.05. The Kier molecular flexibility index (Phi) is 5.24. The molecule has 0 N–H and O–H groups in total. The Hall–Kier alpha value is -3.12. The number of carbonyl (C=O) groups is 1. The van der Waals surface area contributed by atoms with Gasteiger partial charge in [0.05, 0.1) is 17.8 Å². The Morgan fingerprint density at radius 2 is 1.81 bits per heavy atom. The molecule has 2 aromatic carbocycles. The van der Waals surface area contributed by atoms with Crippen LogP contribution in [0, 0.1) is 6.92 Å². The molecule has 3 heterocycles. The van der Waals surface area contributed by atoms with Crippen LogP contribution < -0.4 is 0 Å². The Morgan fingerprint density at radius 3 is 2.55 bits per heavy atom. The summed E-state index contributed by atoms with van der Waals surface area (Å²) in [4.78, 5) is 19.7. The summed E-state index contributed by atoms with van der Waals surface area (Å²) in [6.07, 6.45) is 1.63. The number of rotatable bonds is 4. The van der Waals surface area contributed by atoms with Crippen molar-refractivity contribution in [1.29, 1.82) is 0 Å². The predicted molar refractivity (Wildman–Crippen MR) is 119 cm³/mol. The van der Waals surface area contributed by atoms with E-state index in [-0.39, 0.29) is 11.8 Å². The normalized spacial score (nSPS) is 15.0. The van der Waals surface area contributed by atoms with Gasteiger partial charge < -0.3 is 9.32 Å². The van der Waals surface area contributed by atoms with Crippen molar-refractivity contribution in [2.75, 3.05) is 13.1 Å². The fourth-order valence-corrected chi connectivity index (χ4v) is 4.52. The summed E-state index contributed by atoms with van der Waals surface area (Å²) < 4.78 is 7.64. The number of para-hydroxylation sites is 2. The Morgan fingerprint density at radius 1 is 1.10 bits per heavy atom. The van der Waals surface area contributed by atoms with Crippen molar-refractivity contribution in [3.05, 3.63) is 82.5 Å². The molecule has 0 saturated carbocycles. The van der Waals surface area contributed by atoms with E-state index in [1.807, 2.05) is 66.4 Å². The van der Waals surface area contributed by atoms with Gasteiger partial charge in [0.25, 0.3) is 5.91 Å². The average molecular weight is 435 g/mol. The molecular weight excluding hydrogens is 412 g/mol. The van der Waals surface area contributed by atoms with Crippen LogP contribution in [-0.2, 0) is 6.54 Å². The molecule has 1 fully saturated rings. The highest BCUT2D eigenvalue weighted by Crippen LogP contribution is 2.31. The van der Waals surface area contributed by atoms with Crippen LogP contribution in [0.3, 0.4) is 0 Å². The van der Waals surface area contributed by atoms with Gasteiger partial charge in [-0.05, 0) is 37.5 Å². The Balaban J connectivity index is 1.29. The van der Waals surface area contributed by atoms with Crippen molar-refractivity contribution >= 4 is 28.6 Å². The first-order valence-corrected chi connectivity index (χ1v) is 10.9. The van der Waals surface area contributed by atoms with Crippen LogP contribution in [0.1, 0.15) is 46.3 Å². The van der Waals surface area contributed by atoms with Gasteiger partial charge in [0.1, 0.15) is 10.7 Å². The first-order valence-electron chi connectivity index (χ1n) is 10.5. The van der Waals surface area contributed by atoms with E-state index in [9.17, 15) is 4.79 Å². The molecule has 1 aliphatic heterocycles. The van der Waals surface area contributed by atoms with E-state index in [2.05, 4.69) is 10.1 Å². The summed E-state index contributed by atoms with van der Waals surface area (Å²) in [5.74, 6) is 0.921. The monoisotopic (exact) mass is 434 g/mol. The first kappa shape index (κ1) is 19.8. The lowest BCUT2D eigenvalue weighted by Crippen LogP contribution is -2.38. The summed E-state index contributed by atoms with van der Waals surface area (Å²) in [5.41, 5.74) is 3.93. The zero-order valence-electron chi connectivity index (χ0n) is 17.3. The molecule has 0 unspecified atom stereocenters. The van der Waals surface area contributed by atoms with Crippen LogP contribution >= 0.6 is 11.6 Å². The van der Waals surface area contributed by atoms with E-state index < -0.39 is 0 Å². The van der Waals surface area contributed by atoms with Gasteiger partial charge in [-0.3, -0.25) is 4.79 Å². The lowest BCUT2D eigenvalue weighted by atomic mass is 9.96. The topological polar surface area (TPSA) is 64.2 Å². The molecule has 158 valence electrons. The summed E-state index contributed by atoms with van der Waals surface area (Å²) in [5, 5.41) is 4.92. The fourth-order valence-electron chi connectivity index (χ4n) is 4.21. The van der Waals surface area contributed by atoms with E-state index in [0.717, 1.165) is 35.4 Å². The maximum Gasteiger partial charge on any atom is 0.258 e. The second-order valence-corrected chi connectivity index (χ2v) is 8.34. The molecule has 0 aliphatic carbocycles. The summed E-state index contributed by atoms with van der Waals surface area (Å²) >= 11 is 6.59. The van der Waals surface area contributed by atoms with Crippen molar-refractivity contribution in [2.45, 2.75) is 32.2 Å². The number of piperidine rings is 1. The van der Waals surface area contributed by atoms with E-state index >= 15 is 0 Å². The van der Waals surface area contributed by atoms with Crippen LogP contribution in [0.4, 0.5) is 0 Å². The summed E-state index contributed by atoms with van der Waals surface area (Å²) in [6, 6.07) is 17.8. The standard InChI is InChI=1S/C24H23ClN4O2/c1-16-21(22(25)29(27-16)15-17-7-3-2-4-8-17)24(30)28-13-11-18(12-14-28)23-26-19-9-5-6-10-20(19)31-23/h2-10,18H,11-15H2,1H3. The molecule has 1 saturated heterocycles. The zero-order chi connectivity index (χ0) is 21.4. The second kappa shape index (κ2) is 8.19. The van der Waals surface area contributed by atoms with Gasteiger partial charge in [-0.25, -0.2) is 9.67 Å². The smallest absolute Gasteiger partial charge is 0.258 e. The molecule has 0 bridgehead atoms. The third-order valence-corrected chi connectivity index (χ3v) is 6.28. The van der Waals surface area contributed by atoms with E-state index in [1.165, 1.54) is 0 Å². The molecule has 4 aromatic rings. The third-order valence-electron chi connectivity index (χ3n) is 5.90. The van der Waals surface area contributed by atoms with Gasteiger partial charge in [0.2, 0.25) is 0 Å². The number of aryl methyl sites for hydroxylation is 1. The molecule has 5 rings (SSSR count). The minimum absolute atomic E-state index is 0.0576. The number of nitrogens with zero attached hydrogens (tertiary/aromatic N) is 4. The van der Waals surface area contributed by atoms with Gasteiger partial charge in [-0.15, -0.1) is 0 Å². The Bertz CT molecular complexity index is 1190. The number of likely N-dealkylation sites (tertiary alicyclic amines) is 1. The van der Waals surface area contributed by atoms with Gasteiger partial charge in [0, 0.05) is 19.0 Å². The van der Waals surface area contributed by atoms with Crippen LogP contribution in [0.5, 0.6) is 0 Å². The van der Waals surface area contributed by atoms with E-state index in [1.54, 1.807) is 4.68 Å². The van der Waals surface area contributed by atoms with E-state index in [0.29, 0.717) is 36.0 Å². The number of amides is 1. The molecule has 6 nitrogen and oxygen atoms in total. The van der Waals surface area contributed by atoms with E-state index in [4.69, 9.17) is 16.0 Å². The van der Waals surface area contributed by atoms with Crippen LogP contribution in [-0.4, -0.2) is 38.7 Å². The highest BCUT2D eigenvalue weighted by atomic mass is 35.5. The SMILES string of the molecule is Cc1nn(Cc2ccccc2)c(Cl)c1C(=O)N1CCC(c2nc3ccccc3o2)CC1. The molecule has 1 aliphatic rings. The van der Waals surface area contributed by atoms with Crippen LogP contribution in [0.2, 0.25) is 5.15 Å². The van der Waals surface area contributed by atoms with Gasteiger partial charge >= 0.3 is 0 Å². The van der Waals surface area contributed by atoms with Crippen molar-refractivity contribution in [3.8, 4) is 0 Å². The molecule has 31 heavy (non-hydrogen) atoms. The fraction of sp³-hybridized carbons (Fsp3) is 0.292. The zero-order valence-corrected chi connectivity index (χ0v) is 18.0. The van der Waals surface area contributed by atoms with Crippen molar-refractivity contribution in [3.63, 3.8) is 0 Å².